The van der Waals surface area contributed by atoms with Gasteiger partial charge in [0.25, 0.3) is 5.56 Å². The summed E-state index contributed by atoms with van der Waals surface area (Å²) >= 11 is 0. The van der Waals surface area contributed by atoms with Crippen molar-refractivity contribution in [1.82, 2.24) is 19.4 Å². The third-order valence-electron chi connectivity index (χ3n) is 6.64. The van der Waals surface area contributed by atoms with Gasteiger partial charge in [-0.15, -0.1) is 0 Å². The molecular weight excluding hydrogens is 460 g/mol. The lowest BCUT2D eigenvalue weighted by Crippen LogP contribution is -2.48. The lowest BCUT2D eigenvalue weighted by Gasteiger charge is -2.34. The summed E-state index contributed by atoms with van der Waals surface area (Å²) in [5.74, 6) is 1.42. The number of benzene rings is 1. The predicted octanol–water partition coefficient (Wildman–Crippen LogP) is 3.67. The van der Waals surface area contributed by atoms with Crippen LogP contribution >= 0.6 is 0 Å². The Morgan fingerprint density at radius 2 is 1.75 bits per heavy atom. The van der Waals surface area contributed by atoms with Crippen LogP contribution in [0.25, 0.3) is 21.9 Å². The van der Waals surface area contributed by atoms with Crippen LogP contribution in [0, 0.1) is 0 Å². The fraction of sp³-hybridized carbons (Fsp3) is 0.444. The normalized spacial score (nSPS) is 14.2. The number of carbonyl (C=O) groups is 1. The zero-order valence-electron chi connectivity index (χ0n) is 21.5. The highest BCUT2D eigenvalue weighted by Crippen LogP contribution is 2.37. The molecular formula is C27H34N4O5. The number of rotatable bonds is 8. The first kappa shape index (κ1) is 25.5. The summed E-state index contributed by atoms with van der Waals surface area (Å²) in [5.41, 5.74) is 2.64. The van der Waals surface area contributed by atoms with Crippen LogP contribution in [0.4, 0.5) is 4.79 Å². The molecule has 0 N–H and O–H groups in total. The second-order valence-corrected chi connectivity index (χ2v) is 8.97. The summed E-state index contributed by atoms with van der Waals surface area (Å²) in [5, 5.41) is 1.39. The second kappa shape index (κ2) is 11.4. The van der Waals surface area contributed by atoms with E-state index in [2.05, 4.69) is 16.8 Å². The molecule has 3 aromatic rings. The Kier molecular flexibility index (Phi) is 8.10. The molecule has 0 atom stereocenters. The van der Waals surface area contributed by atoms with Gasteiger partial charge in [0.1, 0.15) is 11.5 Å². The maximum atomic E-state index is 12.6. The van der Waals surface area contributed by atoms with Crippen LogP contribution in [0.5, 0.6) is 11.5 Å². The number of piperazine rings is 1. The summed E-state index contributed by atoms with van der Waals surface area (Å²) in [7, 11) is 5.03. The van der Waals surface area contributed by atoms with Crippen molar-refractivity contribution in [3.05, 3.63) is 52.7 Å². The van der Waals surface area contributed by atoms with E-state index in [4.69, 9.17) is 14.2 Å². The minimum atomic E-state index is -0.234. The number of methoxy groups -OCH3 is 2. The van der Waals surface area contributed by atoms with Gasteiger partial charge in [0.15, 0.2) is 0 Å². The fourth-order valence-corrected chi connectivity index (χ4v) is 4.54. The first-order valence-electron chi connectivity index (χ1n) is 12.3. The zero-order chi connectivity index (χ0) is 25.7. The number of aryl methyl sites for hydroxylation is 1. The van der Waals surface area contributed by atoms with Crippen LogP contribution in [0.2, 0.25) is 0 Å². The highest BCUT2D eigenvalue weighted by Gasteiger charge is 2.24. The zero-order valence-corrected chi connectivity index (χ0v) is 21.5. The first-order chi connectivity index (χ1) is 17.5. The molecule has 1 aromatic carbocycles. The fourth-order valence-electron chi connectivity index (χ4n) is 4.54. The molecule has 0 radical (unpaired) electrons. The van der Waals surface area contributed by atoms with Crippen LogP contribution in [-0.4, -0.2) is 72.4 Å². The highest BCUT2D eigenvalue weighted by molar-refractivity contribution is 5.95. The smallest absolute Gasteiger partial charge is 0.409 e. The third-order valence-corrected chi connectivity index (χ3v) is 6.64. The molecule has 0 bridgehead atoms. The highest BCUT2D eigenvalue weighted by atomic mass is 16.6. The van der Waals surface area contributed by atoms with Crippen LogP contribution in [0.1, 0.15) is 25.3 Å². The molecule has 0 unspecified atom stereocenters. The monoisotopic (exact) mass is 494 g/mol. The molecule has 1 amide bonds. The number of aromatic nitrogens is 2. The summed E-state index contributed by atoms with van der Waals surface area (Å²) in [4.78, 5) is 33.0. The first-order valence-corrected chi connectivity index (χ1v) is 12.3. The Hall–Kier alpha value is -3.59. The number of nitrogens with zero attached hydrogens (tertiary/aromatic N) is 4. The molecule has 9 nitrogen and oxygen atoms in total. The van der Waals surface area contributed by atoms with Gasteiger partial charge in [-0.3, -0.25) is 14.7 Å². The maximum Gasteiger partial charge on any atom is 0.409 e. The van der Waals surface area contributed by atoms with E-state index in [-0.39, 0.29) is 11.7 Å². The molecule has 0 aliphatic carbocycles. The third kappa shape index (κ3) is 5.31. The second-order valence-electron chi connectivity index (χ2n) is 8.97. The van der Waals surface area contributed by atoms with Crippen molar-refractivity contribution in [1.29, 1.82) is 0 Å². The SMILES string of the molecule is CCCCOC(=O)N1CCN(Cc2c(OC)cc(-c3cn(C)c(=O)c4cnccc34)cc2OC)CC1. The van der Waals surface area contributed by atoms with E-state index in [0.29, 0.717) is 43.1 Å². The topological polar surface area (TPSA) is 86.1 Å². The lowest BCUT2D eigenvalue weighted by molar-refractivity contribution is 0.0733. The van der Waals surface area contributed by atoms with Crippen LogP contribution in [0.3, 0.4) is 0 Å². The summed E-state index contributed by atoms with van der Waals surface area (Å²) < 4.78 is 18.5. The van der Waals surface area contributed by atoms with Gasteiger partial charge in [0.05, 0.1) is 31.8 Å². The standard InChI is InChI=1S/C27H34N4O5/c1-5-6-13-36-27(33)31-11-9-30(10-12-31)18-23-24(34-3)14-19(15-25(23)35-4)22-17-29(2)26(32)21-16-28-8-7-20(21)22/h7-8,14-17H,5-6,9-13,18H2,1-4H3. The van der Waals surface area contributed by atoms with Crippen LogP contribution in [-0.2, 0) is 18.3 Å². The molecule has 4 rings (SSSR count). The van der Waals surface area contributed by atoms with Gasteiger partial charge in [-0.05, 0) is 35.6 Å². The van der Waals surface area contributed by atoms with Gasteiger partial charge in [-0.25, -0.2) is 4.79 Å². The van der Waals surface area contributed by atoms with Gasteiger partial charge in [0, 0.05) is 63.9 Å². The molecule has 1 aliphatic rings. The van der Waals surface area contributed by atoms with Crippen molar-refractivity contribution in [2.75, 3.05) is 47.0 Å². The van der Waals surface area contributed by atoms with Crippen molar-refractivity contribution >= 4 is 16.9 Å². The number of ether oxygens (including phenoxy) is 3. The number of fused-ring (bicyclic) bond motifs is 1. The molecule has 9 heteroatoms. The van der Waals surface area contributed by atoms with E-state index in [1.807, 2.05) is 24.4 Å². The summed E-state index contributed by atoms with van der Waals surface area (Å²) in [6.45, 7) is 5.87. The van der Waals surface area contributed by atoms with E-state index in [0.717, 1.165) is 48.0 Å². The molecule has 3 heterocycles. The van der Waals surface area contributed by atoms with Crippen molar-refractivity contribution in [2.45, 2.75) is 26.3 Å². The van der Waals surface area contributed by atoms with Gasteiger partial charge in [0.2, 0.25) is 0 Å². The molecule has 1 aliphatic heterocycles. The Morgan fingerprint density at radius 3 is 2.39 bits per heavy atom. The molecule has 0 spiro atoms. The summed E-state index contributed by atoms with van der Waals surface area (Å²) in [6.07, 6.45) is 6.77. The molecule has 0 saturated carbocycles. The van der Waals surface area contributed by atoms with Crippen molar-refractivity contribution in [3.8, 4) is 22.6 Å². The summed E-state index contributed by atoms with van der Waals surface area (Å²) in [6, 6.07) is 5.82. The number of carbonyl (C=O) groups excluding carboxylic acids is 1. The van der Waals surface area contributed by atoms with Gasteiger partial charge < -0.3 is 23.7 Å². The molecule has 192 valence electrons. The van der Waals surface area contributed by atoms with E-state index >= 15 is 0 Å². The van der Waals surface area contributed by atoms with Crippen LogP contribution in [0.15, 0.2) is 41.6 Å². The average Bonchev–Trinajstić information content (AvgIpc) is 2.91. The van der Waals surface area contributed by atoms with Crippen molar-refractivity contribution in [2.24, 2.45) is 7.05 Å². The van der Waals surface area contributed by atoms with Crippen molar-refractivity contribution in [3.63, 3.8) is 0 Å². The van der Waals surface area contributed by atoms with E-state index in [9.17, 15) is 9.59 Å². The van der Waals surface area contributed by atoms with Crippen molar-refractivity contribution < 1.29 is 19.0 Å². The van der Waals surface area contributed by atoms with E-state index in [1.165, 1.54) is 0 Å². The number of pyridine rings is 2. The van der Waals surface area contributed by atoms with E-state index in [1.54, 1.807) is 43.1 Å². The average molecular weight is 495 g/mol. The number of hydrogen-bond donors (Lipinski definition) is 0. The number of unbranched alkanes of at least 4 members (excludes halogenated alkanes) is 1. The lowest BCUT2D eigenvalue weighted by atomic mass is 9.99. The quantitative estimate of drug-likeness (QED) is 0.442. The largest absolute Gasteiger partial charge is 0.496 e. The van der Waals surface area contributed by atoms with Gasteiger partial charge >= 0.3 is 6.09 Å². The molecule has 36 heavy (non-hydrogen) atoms. The Morgan fingerprint density at radius 1 is 1.06 bits per heavy atom. The maximum absolute atomic E-state index is 12.6. The minimum Gasteiger partial charge on any atom is -0.496 e. The molecule has 2 aromatic heterocycles. The minimum absolute atomic E-state index is 0.0919. The molecule has 1 saturated heterocycles. The van der Waals surface area contributed by atoms with Gasteiger partial charge in [-0.2, -0.15) is 0 Å². The van der Waals surface area contributed by atoms with E-state index < -0.39 is 0 Å². The molecule has 1 fully saturated rings. The number of hydrogen-bond acceptors (Lipinski definition) is 7. The number of amides is 1. The Labute approximate surface area is 211 Å². The Balaban J connectivity index is 1.57. The Bertz CT molecular complexity index is 1260. The van der Waals surface area contributed by atoms with Gasteiger partial charge in [-0.1, -0.05) is 13.3 Å². The predicted molar refractivity (Wildman–Crippen MR) is 139 cm³/mol. The van der Waals surface area contributed by atoms with Crippen LogP contribution < -0.4 is 15.0 Å².